The first kappa shape index (κ1) is 16.1. The zero-order valence-electron chi connectivity index (χ0n) is 12.1. The molecule has 116 valence electrons. The molecule has 2 rings (SSSR count). The van der Waals surface area contributed by atoms with E-state index in [4.69, 9.17) is 4.74 Å². The fraction of sp³-hybridized carbons (Fsp3) is 0.923. The van der Waals surface area contributed by atoms with Gasteiger partial charge in [0.15, 0.2) is 0 Å². The second kappa shape index (κ2) is 6.66. The van der Waals surface area contributed by atoms with Crippen molar-refractivity contribution in [3.8, 4) is 0 Å². The van der Waals surface area contributed by atoms with Crippen molar-refractivity contribution in [2.45, 2.75) is 43.1 Å². The van der Waals surface area contributed by atoms with Gasteiger partial charge in [0, 0.05) is 24.1 Å². The van der Waals surface area contributed by atoms with Gasteiger partial charge in [-0.05, 0) is 19.3 Å². The fourth-order valence-corrected chi connectivity index (χ4v) is 6.70. The Labute approximate surface area is 125 Å². The molecular weight excluding hydrogens is 298 g/mol. The molecule has 0 amide bonds. The number of nitrogens with zero attached hydrogens (tertiary/aromatic N) is 1. The molecule has 0 aromatic carbocycles. The number of rotatable bonds is 4. The van der Waals surface area contributed by atoms with Crippen LogP contribution in [0.15, 0.2) is 0 Å². The second-order valence-corrected chi connectivity index (χ2v) is 8.96. The Morgan fingerprint density at radius 3 is 2.80 bits per heavy atom. The van der Waals surface area contributed by atoms with E-state index in [2.05, 4.69) is 6.92 Å². The molecule has 0 aromatic heterocycles. The topological polar surface area (TPSA) is 63.7 Å². The standard InChI is InChI=1S/C13H23NO4S2/c1-3-10-9-14(7-8-19-10)20(16,17)12-6-4-5-11(12)13(15)18-2/h10-12H,3-9H2,1-2H3. The molecule has 0 aromatic rings. The van der Waals surface area contributed by atoms with Crippen LogP contribution in [0.2, 0.25) is 0 Å². The summed E-state index contributed by atoms with van der Waals surface area (Å²) in [6, 6.07) is 0. The summed E-state index contributed by atoms with van der Waals surface area (Å²) >= 11 is 1.84. The third kappa shape index (κ3) is 3.14. The summed E-state index contributed by atoms with van der Waals surface area (Å²) in [4.78, 5) is 11.8. The highest BCUT2D eigenvalue weighted by molar-refractivity contribution is 8.00. The largest absolute Gasteiger partial charge is 0.469 e. The molecule has 0 spiro atoms. The number of hydrogen-bond acceptors (Lipinski definition) is 5. The number of sulfonamides is 1. The number of carbonyl (C=O) groups excluding carboxylic acids is 1. The quantitative estimate of drug-likeness (QED) is 0.734. The number of carbonyl (C=O) groups is 1. The summed E-state index contributed by atoms with van der Waals surface area (Å²) in [6.45, 7) is 3.22. The molecule has 0 bridgehead atoms. The Kier molecular flexibility index (Phi) is 5.36. The maximum atomic E-state index is 12.8. The first-order valence-corrected chi connectivity index (χ1v) is 9.74. The number of hydrogen-bond donors (Lipinski definition) is 0. The van der Waals surface area contributed by atoms with Crippen molar-refractivity contribution in [1.29, 1.82) is 0 Å². The molecule has 2 fully saturated rings. The predicted octanol–water partition coefficient (Wildman–Crippen LogP) is 1.49. The highest BCUT2D eigenvalue weighted by Gasteiger charge is 2.45. The van der Waals surface area contributed by atoms with Crippen LogP contribution in [0.3, 0.4) is 0 Å². The van der Waals surface area contributed by atoms with E-state index < -0.39 is 21.2 Å². The molecule has 20 heavy (non-hydrogen) atoms. The van der Waals surface area contributed by atoms with Crippen molar-refractivity contribution >= 4 is 27.8 Å². The van der Waals surface area contributed by atoms with Crippen molar-refractivity contribution in [2.24, 2.45) is 5.92 Å². The van der Waals surface area contributed by atoms with E-state index in [1.807, 2.05) is 11.8 Å². The minimum Gasteiger partial charge on any atom is -0.469 e. The summed E-state index contributed by atoms with van der Waals surface area (Å²) in [5.74, 6) is -0.0259. The van der Waals surface area contributed by atoms with Crippen molar-refractivity contribution in [1.82, 2.24) is 4.31 Å². The third-order valence-corrected chi connectivity index (χ3v) is 8.01. The molecule has 1 saturated heterocycles. The Balaban J connectivity index is 2.14. The second-order valence-electron chi connectivity index (χ2n) is 5.40. The molecule has 3 unspecified atom stereocenters. The molecule has 5 nitrogen and oxygen atoms in total. The Morgan fingerprint density at radius 1 is 1.40 bits per heavy atom. The minimum atomic E-state index is -3.39. The van der Waals surface area contributed by atoms with Gasteiger partial charge < -0.3 is 4.74 Å². The predicted molar refractivity (Wildman–Crippen MR) is 80.2 cm³/mol. The van der Waals surface area contributed by atoms with Crippen LogP contribution in [0.4, 0.5) is 0 Å². The van der Waals surface area contributed by atoms with Crippen molar-refractivity contribution < 1.29 is 17.9 Å². The minimum absolute atomic E-state index is 0.372. The number of esters is 1. The zero-order chi connectivity index (χ0) is 14.8. The van der Waals surface area contributed by atoms with E-state index in [0.717, 1.165) is 18.6 Å². The van der Waals surface area contributed by atoms with Crippen LogP contribution < -0.4 is 0 Å². The lowest BCUT2D eigenvalue weighted by atomic mass is 10.1. The first-order valence-electron chi connectivity index (χ1n) is 7.19. The van der Waals surface area contributed by atoms with Gasteiger partial charge in [0.2, 0.25) is 10.0 Å². The molecule has 0 radical (unpaired) electrons. The van der Waals surface area contributed by atoms with E-state index in [1.54, 1.807) is 4.31 Å². The summed E-state index contributed by atoms with van der Waals surface area (Å²) in [6.07, 6.45) is 2.95. The van der Waals surface area contributed by atoms with Crippen molar-refractivity contribution in [2.75, 3.05) is 26.0 Å². The van der Waals surface area contributed by atoms with Crippen LogP contribution >= 0.6 is 11.8 Å². The molecule has 7 heteroatoms. The van der Waals surface area contributed by atoms with Gasteiger partial charge in [-0.1, -0.05) is 13.3 Å². The van der Waals surface area contributed by atoms with Gasteiger partial charge in [-0.25, -0.2) is 8.42 Å². The molecule has 3 atom stereocenters. The van der Waals surface area contributed by atoms with Crippen molar-refractivity contribution in [3.05, 3.63) is 0 Å². The molecule has 1 aliphatic carbocycles. The van der Waals surface area contributed by atoms with E-state index in [1.165, 1.54) is 7.11 Å². The van der Waals surface area contributed by atoms with E-state index >= 15 is 0 Å². The number of thioether (sulfide) groups is 1. The van der Waals surface area contributed by atoms with Crippen LogP contribution in [0.5, 0.6) is 0 Å². The molecule has 1 saturated carbocycles. The number of methoxy groups -OCH3 is 1. The highest BCUT2D eigenvalue weighted by Crippen LogP contribution is 2.35. The Hall–Kier alpha value is -0.270. The van der Waals surface area contributed by atoms with Gasteiger partial charge in [-0.3, -0.25) is 4.79 Å². The Morgan fingerprint density at radius 2 is 2.15 bits per heavy atom. The Bertz CT molecular complexity index is 451. The lowest BCUT2D eigenvalue weighted by Crippen LogP contribution is -2.47. The van der Waals surface area contributed by atoms with Gasteiger partial charge in [-0.15, -0.1) is 0 Å². The maximum Gasteiger partial charge on any atom is 0.310 e. The summed E-state index contributed by atoms with van der Waals surface area (Å²) < 4.78 is 31.9. The fourth-order valence-electron chi connectivity index (χ4n) is 3.07. The smallest absolute Gasteiger partial charge is 0.310 e. The van der Waals surface area contributed by atoms with Crippen LogP contribution in [0.25, 0.3) is 0 Å². The highest BCUT2D eigenvalue weighted by atomic mass is 32.2. The van der Waals surface area contributed by atoms with Gasteiger partial charge in [0.25, 0.3) is 0 Å². The third-order valence-electron chi connectivity index (χ3n) is 4.26. The van der Waals surface area contributed by atoms with Crippen molar-refractivity contribution in [3.63, 3.8) is 0 Å². The summed E-state index contributed by atoms with van der Waals surface area (Å²) in [5.41, 5.74) is 0. The van der Waals surface area contributed by atoms with Crippen LogP contribution in [0, 0.1) is 5.92 Å². The summed E-state index contributed by atoms with van der Waals surface area (Å²) in [5, 5.41) is -0.216. The average Bonchev–Trinajstić information content (AvgIpc) is 2.96. The van der Waals surface area contributed by atoms with E-state index in [-0.39, 0.29) is 5.97 Å². The molecule has 1 heterocycles. The molecule has 1 aliphatic heterocycles. The van der Waals surface area contributed by atoms with Crippen LogP contribution in [0.1, 0.15) is 32.6 Å². The molecule has 2 aliphatic rings. The van der Waals surface area contributed by atoms with Gasteiger partial charge in [0.05, 0.1) is 18.3 Å². The normalized spacial score (nSPS) is 32.2. The van der Waals surface area contributed by atoms with Crippen LogP contribution in [-0.4, -0.2) is 55.1 Å². The SMILES string of the molecule is CCC1CN(S(=O)(=O)C2CCCC2C(=O)OC)CCS1. The van der Waals surface area contributed by atoms with Gasteiger partial charge >= 0.3 is 5.97 Å². The zero-order valence-corrected chi connectivity index (χ0v) is 13.7. The van der Waals surface area contributed by atoms with E-state index in [0.29, 0.717) is 31.2 Å². The lowest BCUT2D eigenvalue weighted by Gasteiger charge is -2.34. The van der Waals surface area contributed by atoms with E-state index in [9.17, 15) is 13.2 Å². The van der Waals surface area contributed by atoms with Gasteiger partial charge in [-0.2, -0.15) is 16.1 Å². The van der Waals surface area contributed by atoms with Gasteiger partial charge in [0.1, 0.15) is 0 Å². The average molecular weight is 321 g/mol. The number of ether oxygens (including phenoxy) is 1. The molecular formula is C13H23NO4S2. The maximum absolute atomic E-state index is 12.8. The monoisotopic (exact) mass is 321 g/mol. The lowest BCUT2D eigenvalue weighted by molar-refractivity contribution is -0.145. The first-order chi connectivity index (χ1) is 9.50. The van der Waals surface area contributed by atoms with Crippen LogP contribution in [-0.2, 0) is 19.6 Å². The molecule has 0 N–H and O–H groups in total. The summed E-state index contributed by atoms with van der Waals surface area (Å²) in [7, 11) is -2.06.